The minimum atomic E-state index is -0.604. The quantitative estimate of drug-likeness (QED) is 0.632. The maximum absolute atomic E-state index is 10.6. The maximum atomic E-state index is 10.6. The molecule has 0 aliphatic carbocycles. The van der Waals surface area contributed by atoms with E-state index in [0.29, 0.717) is 5.92 Å². The molecule has 0 radical (unpaired) electrons. The summed E-state index contributed by atoms with van der Waals surface area (Å²) < 4.78 is 0. The zero-order valence-electron chi connectivity index (χ0n) is 6.19. The minimum Gasteiger partial charge on any atom is -0.481 e. The third-order valence-corrected chi connectivity index (χ3v) is 2.65. The SMILES string of the molecule is Cl.O=C(O)[C@H]1CN2CC[C@@H]1C2. The molecule has 0 aromatic carbocycles. The normalized spacial score (nSPS) is 40.2. The third kappa shape index (κ3) is 1.35. The van der Waals surface area contributed by atoms with E-state index in [2.05, 4.69) is 4.90 Å². The second-order valence-corrected chi connectivity index (χ2v) is 3.25. The molecule has 1 N–H and O–H groups in total. The van der Waals surface area contributed by atoms with Crippen LogP contribution in [-0.2, 0) is 4.79 Å². The summed E-state index contributed by atoms with van der Waals surface area (Å²) >= 11 is 0. The molecule has 2 aliphatic heterocycles. The molecule has 2 bridgehead atoms. The van der Waals surface area contributed by atoms with Gasteiger partial charge < -0.3 is 10.0 Å². The topological polar surface area (TPSA) is 40.5 Å². The molecular weight excluding hydrogens is 166 g/mol. The van der Waals surface area contributed by atoms with Crippen molar-refractivity contribution in [2.24, 2.45) is 11.8 Å². The average molecular weight is 178 g/mol. The van der Waals surface area contributed by atoms with Gasteiger partial charge in [0, 0.05) is 13.1 Å². The minimum absolute atomic E-state index is 0. The Bertz CT molecular complexity index is 174. The summed E-state index contributed by atoms with van der Waals surface area (Å²) in [6, 6.07) is 0. The molecule has 2 rings (SSSR count). The fourth-order valence-corrected chi connectivity index (χ4v) is 2.06. The van der Waals surface area contributed by atoms with Gasteiger partial charge in [-0.15, -0.1) is 12.4 Å². The Morgan fingerprint density at radius 1 is 1.45 bits per heavy atom. The van der Waals surface area contributed by atoms with Crippen LogP contribution in [0, 0.1) is 11.8 Å². The predicted octanol–water partition coefficient (Wildman–Crippen LogP) is 0.444. The first-order valence-corrected chi connectivity index (χ1v) is 3.72. The Balaban J connectivity index is 0.000000605. The van der Waals surface area contributed by atoms with Gasteiger partial charge in [-0.3, -0.25) is 4.79 Å². The van der Waals surface area contributed by atoms with Crippen LogP contribution in [-0.4, -0.2) is 35.6 Å². The lowest BCUT2D eigenvalue weighted by Gasteiger charge is -2.17. The van der Waals surface area contributed by atoms with Crippen molar-refractivity contribution in [1.82, 2.24) is 4.90 Å². The van der Waals surface area contributed by atoms with E-state index >= 15 is 0 Å². The van der Waals surface area contributed by atoms with Gasteiger partial charge in [0.2, 0.25) is 0 Å². The monoisotopic (exact) mass is 177 g/mol. The van der Waals surface area contributed by atoms with E-state index in [-0.39, 0.29) is 18.3 Å². The standard InChI is InChI=1S/C7H11NO2.ClH/c9-7(10)6-4-8-2-1-5(6)3-8;/h5-6H,1-4H2,(H,9,10);1H/t5-,6+;/m1./s1. The molecule has 2 fully saturated rings. The summed E-state index contributed by atoms with van der Waals surface area (Å²) in [6.07, 6.45) is 1.09. The Kier molecular flexibility index (Phi) is 2.40. The number of piperidine rings is 1. The van der Waals surface area contributed by atoms with Crippen LogP contribution in [0.3, 0.4) is 0 Å². The summed E-state index contributed by atoms with van der Waals surface area (Å²) in [6.45, 7) is 2.94. The zero-order chi connectivity index (χ0) is 7.14. The first-order chi connectivity index (χ1) is 4.77. The number of fused-ring (bicyclic) bond motifs is 2. The van der Waals surface area contributed by atoms with Crippen LogP contribution in [0.5, 0.6) is 0 Å². The lowest BCUT2D eigenvalue weighted by molar-refractivity contribution is -0.143. The number of carboxylic acid groups (broad SMARTS) is 1. The van der Waals surface area contributed by atoms with Crippen LogP contribution in [0.1, 0.15) is 6.42 Å². The van der Waals surface area contributed by atoms with Gasteiger partial charge in [0.05, 0.1) is 5.92 Å². The smallest absolute Gasteiger partial charge is 0.308 e. The first kappa shape index (κ1) is 8.81. The van der Waals surface area contributed by atoms with Gasteiger partial charge in [-0.1, -0.05) is 0 Å². The van der Waals surface area contributed by atoms with E-state index in [1.54, 1.807) is 0 Å². The molecular formula is C7H12ClNO2. The summed E-state index contributed by atoms with van der Waals surface area (Å²) in [4.78, 5) is 12.8. The van der Waals surface area contributed by atoms with Gasteiger partial charge in [-0.05, 0) is 18.9 Å². The number of halogens is 1. The first-order valence-electron chi connectivity index (χ1n) is 3.72. The van der Waals surface area contributed by atoms with Crippen LogP contribution in [0.2, 0.25) is 0 Å². The van der Waals surface area contributed by atoms with Gasteiger partial charge in [0.15, 0.2) is 0 Å². The van der Waals surface area contributed by atoms with Crippen molar-refractivity contribution < 1.29 is 9.90 Å². The van der Waals surface area contributed by atoms with Crippen LogP contribution in [0.25, 0.3) is 0 Å². The van der Waals surface area contributed by atoms with Crippen LogP contribution < -0.4 is 0 Å². The summed E-state index contributed by atoms with van der Waals surface area (Å²) in [7, 11) is 0. The molecule has 0 amide bonds. The highest BCUT2D eigenvalue weighted by atomic mass is 35.5. The van der Waals surface area contributed by atoms with Crippen LogP contribution in [0.15, 0.2) is 0 Å². The van der Waals surface area contributed by atoms with Crippen molar-refractivity contribution >= 4 is 18.4 Å². The van der Waals surface area contributed by atoms with Crippen molar-refractivity contribution in [3.8, 4) is 0 Å². The van der Waals surface area contributed by atoms with Crippen molar-refractivity contribution in [3.63, 3.8) is 0 Å². The number of carboxylic acids is 1. The Morgan fingerprint density at radius 2 is 2.18 bits per heavy atom. The molecule has 0 aromatic heterocycles. The zero-order valence-corrected chi connectivity index (χ0v) is 7.01. The second-order valence-electron chi connectivity index (χ2n) is 3.25. The Labute approximate surface area is 71.8 Å². The van der Waals surface area contributed by atoms with Gasteiger partial charge in [-0.2, -0.15) is 0 Å². The highest BCUT2D eigenvalue weighted by Crippen LogP contribution is 2.32. The highest BCUT2D eigenvalue weighted by Gasteiger charge is 2.41. The van der Waals surface area contributed by atoms with Crippen molar-refractivity contribution in [2.75, 3.05) is 19.6 Å². The number of nitrogens with zero attached hydrogens (tertiary/aromatic N) is 1. The molecule has 1 unspecified atom stereocenters. The third-order valence-electron chi connectivity index (χ3n) is 2.65. The number of rotatable bonds is 1. The van der Waals surface area contributed by atoms with Crippen molar-refractivity contribution in [3.05, 3.63) is 0 Å². The predicted molar refractivity (Wildman–Crippen MR) is 42.9 cm³/mol. The largest absolute Gasteiger partial charge is 0.481 e. The number of hydrogen-bond donors (Lipinski definition) is 1. The molecule has 0 spiro atoms. The van der Waals surface area contributed by atoms with Gasteiger partial charge in [0.1, 0.15) is 0 Å². The molecule has 11 heavy (non-hydrogen) atoms. The average Bonchev–Trinajstić information content (AvgIpc) is 2.44. The lowest BCUT2D eigenvalue weighted by Crippen LogP contribution is -2.28. The van der Waals surface area contributed by atoms with Gasteiger partial charge in [0.25, 0.3) is 0 Å². The van der Waals surface area contributed by atoms with Crippen LogP contribution >= 0.6 is 12.4 Å². The van der Waals surface area contributed by atoms with E-state index in [9.17, 15) is 4.79 Å². The van der Waals surface area contributed by atoms with Gasteiger partial charge in [-0.25, -0.2) is 0 Å². The molecule has 2 heterocycles. The second kappa shape index (κ2) is 2.99. The van der Waals surface area contributed by atoms with Crippen molar-refractivity contribution in [2.45, 2.75) is 6.42 Å². The number of aliphatic carboxylic acids is 1. The lowest BCUT2D eigenvalue weighted by atomic mass is 9.93. The van der Waals surface area contributed by atoms with E-state index in [4.69, 9.17) is 5.11 Å². The van der Waals surface area contributed by atoms with Crippen molar-refractivity contribution in [1.29, 1.82) is 0 Å². The molecule has 0 aromatic rings. The fourth-order valence-electron chi connectivity index (χ4n) is 2.06. The fraction of sp³-hybridized carbons (Fsp3) is 0.857. The Morgan fingerprint density at radius 3 is 2.45 bits per heavy atom. The van der Waals surface area contributed by atoms with Gasteiger partial charge >= 0.3 is 5.97 Å². The van der Waals surface area contributed by atoms with Crippen LogP contribution in [0.4, 0.5) is 0 Å². The number of carbonyl (C=O) groups is 1. The molecule has 4 heteroatoms. The summed E-state index contributed by atoms with van der Waals surface area (Å²) in [5.74, 6) is -0.210. The molecule has 2 saturated heterocycles. The maximum Gasteiger partial charge on any atom is 0.308 e. The van der Waals surface area contributed by atoms with E-state index < -0.39 is 5.97 Å². The molecule has 3 nitrogen and oxygen atoms in total. The van der Waals surface area contributed by atoms with E-state index in [0.717, 1.165) is 26.1 Å². The van der Waals surface area contributed by atoms with E-state index in [1.165, 1.54) is 0 Å². The molecule has 0 saturated carbocycles. The van der Waals surface area contributed by atoms with E-state index in [1.807, 2.05) is 0 Å². The summed E-state index contributed by atoms with van der Waals surface area (Å²) in [5.41, 5.74) is 0. The summed E-state index contributed by atoms with van der Waals surface area (Å²) in [5, 5.41) is 8.71. The molecule has 3 atom stereocenters. The molecule has 64 valence electrons. The highest BCUT2D eigenvalue weighted by molar-refractivity contribution is 5.85. The number of hydrogen-bond acceptors (Lipinski definition) is 2. The Hall–Kier alpha value is -0.280. The molecule has 2 aliphatic rings.